The normalized spacial score (nSPS) is 12.4. The van der Waals surface area contributed by atoms with E-state index in [4.69, 9.17) is 5.73 Å². The van der Waals surface area contributed by atoms with Crippen molar-refractivity contribution < 1.29 is 4.39 Å². The largest absolute Gasteiger partial charge is 0.397 e. The summed E-state index contributed by atoms with van der Waals surface area (Å²) in [6.45, 7) is 1.94. The number of nitrogens with two attached hydrogens (primary N) is 1. The highest BCUT2D eigenvalue weighted by molar-refractivity contribution is 5.66. The Balaban J connectivity index is 2.19. The molecule has 90 valence electrons. The van der Waals surface area contributed by atoms with Gasteiger partial charge >= 0.3 is 0 Å². The van der Waals surface area contributed by atoms with Gasteiger partial charge in [-0.15, -0.1) is 10.2 Å². The van der Waals surface area contributed by atoms with Crippen LogP contribution in [0.15, 0.2) is 24.5 Å². The van der Waals surface area contributed by atoms with E-state index < -0.39 is 0 Å². The average Bonchev–Trinajstić information content (AvgIpc) is 2.68. The predicted octanol–water partition coefficient (Wildman–Crippen LogP) is 1.71. The number of aryl methyl sites for hydroxylation is 1. The molecule has 1 unspecified atom stereocenters. The molecule has 0 saturated carbocycles. The number of nitrogens with zero attached hydrogens (tertiary/aromatic N) is 3. The molecule has 0 spiro atoms. The van der Waals surface area contributed by atoms with Gasteiger partial charge in [-0.05, 0) is 25.1 Å². The van der Waals surface area contributed by atoms with E-state index in [0.29, 0.717) is 11.4 Å². The maximum Gasteiger partial charge on any atom is 0.154 e. The number of rotatable bonds is 3. The second-order valence-electron chi connectivity index (χ2n) is 3.90. The molecule has 5 nitrogen and oxygen atoms in total. The second-order valence-corrected chi connectivity index (χ2v) is 3.90. The van der Waals surface area contributed by atoms with Crippen molar-refractivity contribution in [3.05, 3.63) is 36.2 Å². The van der Waals surface area contributed by atoms with Crippen LogP contribution in [0.25, 0.3) is 0 Å². The fourth-order valence-corrected chi connectivity index (χ4v) is 1.65. The third-order valence-electron chi connectivity index (χ3n) is 2.52. The van der Waals surface area contributed by atoms with Gasteiger partial charge in [0.25, 0.3) is 0 Å². The number of hydrogen-bond acceptors (Lipinski definition) is 4. The zero-order valence-corrected chi connectivity index (χ0v) is 9.68. The average molecular weight is 235 g/mol. The van der Waals surface area contributed by atoms with Gasteiger partial charge in [0, 0.05) is 7.05 Å². The number of aromatic nitrogens is 3. The summed E-state index contributed by atoms with van der Waals surface area (Å²) in [7, 11) is 1.86. The maximum atomic E-state index is 12.9. The van der Waals surface area contributed by atoms with Crippen molar-refractivity contribution in [1.82, 2.24) is 14.8 Å². The zero-order valence-electron chi connectivity index (χ0n) is 9.68. The Morgan fingerprint density at radius 1 is 1.47 bits per heavy atom. The molecule has 0 radical (unpaired) electrons. The molecule has 0 amide bonds. The van der Waals surface area contributed by atoms with E-state index in [1.54, 1.807) is 12.4 Å². The van der Waals surface area contributed by atoms with Gasteiger partial charge < -0.3 is 15.6 Å². The molecule has 0 bridgehead atoms. The molecule has 1 heterocycles. The minimum atomic E-state index is -0.348. The van der Waals surface area contributed by atoms with Crippen LogP contribution in [0.5, 0.6) is 0 Å². The van der Waals surface area contributed by atoms with E-state index in [1.807, 2.05) is 18.5 Å². The molecule has 0 fully saturated rings. The van der Waals surface area contributed by atoms with Crippen molar-refractivity contribution in [3.8, 4) is 0 Å². The van der Waals surface area contributed by atoms with Crippen LogP contribution < -0.4 is 11.1 Å². The summed E-state index contributed by atoms with van der Waals surface area (Å²) < 4.78 is 14.7. The summed E-state index contributed by atoms with van der Waals surface area (Å²) in [6.07, 6.45) is 1.63. The van der Waals surface area contributed by atoms with E-state index >= 15 is 0 Å². The number of benzene rings is 1. The van der Waals surface area contributed by atoms with Crippen LogP contribution in [0.2, 0.25) is 0 Å². The fraction of sp³-hybridized carbons (Fsp3) is 0.273. The molecule has 1 atom stereocenters. The molecule has 6 heteroatoms. The topological polar surface area (TPSA) is 68.8 Å². The molecule has 0 aliphatic carbocycles. The molecule has 3 N–H and O–H groups in total. The van der Waals surface area contributed by atoms with E-state index in [0.717, 1.165) is 5.82 Å². The van der Waals surface area contributed by atoms with Gasteiger partial charge in [0.2, 0.25) is 0 Å². The van der Waals surface area contributed by atoms with Crippen LogP contribution >= 0.6 is 0 Å². The molecular weight excluding hydrogens is 221 g/mol. The highest BCUT2D eigenvalue weighted by atomic mass is 19.1. The molecule has 2 aromatic rings. The second kappa shape index (κ2) is 4.40. The first kappa shape index (κ1) is 11.4. The fourth-order valence-electron chi connectivity index (χ4n) is 1.65. The minimum Gasteiger partial charge on any atom is -0.397 e. The van der Waals surface area contributed by atoms with Gasteiger partial charge in [0.1, 0.15) is 12.1 Å². The Morgan fingerprint density at radius 3 is 2.82 bits per heavy atom. The lowest BCUT2D eigenvalue weighted by Crippen LogP contribution is -2.13. The monoisotopic (exact) mass is 235 g/mol. The van der Waals surface area contributed by atoms with Crippen LogP contribution in [0.1, 0.15) is 18.8 Å². The third-order valence-corrected chi connectivity index (χ3v) is 2.52. The molecule has 1 aromatic heterocycles. The van der Waals surface area contributed by atoms with Crippen molar-refractivity contribution in [2.45, 2.75) is 13.0 Å². The number of hydrogen-bond donors (Lipinski definition) is 2. The van der Waals surface area contributed by atoms with Crippen molar-refractivity contribution in [2.75, 3.05) is 11.1 Å². The first-order valence-electron chi connectivity index (χ1n) is 5.23. The Labute approximate surface area is 98.5 Å². The summed E-state index contributed by atoms with van der Waals surface area (Å²) >= 11 is 0. The van der Waals surface area contributed by atoms with Crippen LogP contribution in [-0.2, 0) is 7.05 Å². The summed E-state index contributed by atoms with van der Waals surface area (Å²) in [4.78, 5) is 0. The zero-order chi connectivity index (χ0) is 12.4. The van der Waals surface area contributed by atoms with Crippen LogP contribution in [0, 0.1) is 5.82 Å². The van der Waals surface area contributed by atoms with Gasteiger partial charge in [0.05, 0.1) is 17.4 Å². The van der Waals surface area contributed by atoms with Crippen molar-refractivity contribution in [3.63, 3.8) is 0 Å². The van der Waals surface area contributed by atoms with Crippen molar-refractivity contribution >= 4 is 11.4 Å². The number of nitrogen functional groups attached to an aromatic ring is 1. The van der Waals surface area contributed by atoms with Gasteiger partial charge in [-0.2, -0.15) is 0 Å². The number of halogens is 1. The Hall–Kier alpha value is -2.11. The van der Waals surface area contributed by atoms with Gasteiger partial charge in [-0.1, -0.05) is 0 Å². The molecule has 0 aliphatic heterocycles. The summed E-state index contributed by atoms with van der Waals surface area (Å²) in [5.41, 5.74) is 6.77. The molecule has 1 aromatic carbocycles. The predicted molar refractivity (Wildman–Crippen MR) is 63.9 cm³/mol. The first-order chi connectivity index (χ1) is 8.08. The van der Waals surface area contributed by atoms with Crippen LogP contribution in [0.4, 0.5) is 15.8 Å². The van der Waals surface area contributed by atoms with Gasteiger partial charge in [0.15, 0.2) is 5.82 Å². The Bertz CT molecular complexity index is 522. The van der Waals surface area contributed by atoms with Crippen LogP contribution in [0.3, 0.4) is 0 Å². The smallest absolute Gasteiger partial charge is 0.154 e. The summed E-state index contributed by atoms with van der Waals surface area (Å²) in [5, 5.41) is 11.0. The number of anilines is 2. The molecule has 17 heavy (non-hydrogen) atoms. The lowest BCUT2D eigenvalue weighted by Gasteiger charge is -2.15. The molecule has 0 aliphatic rings. The van der Waals surface area contributed by atoms with E-state index in [-0.39, 0.29) is 11.9 Å². The van der Waals surface area contributed by atoms with Gasteiger partial charge in [-0.25, -0.2) is 4.39 Å². The van der Waals surface area contributed by atoms with E-state index in [1.165, 1.54) is 12.1 Å². The van der Waals surface area contributed by atoms with Crippen LogP contribution in [-0.4, -0.2) is 14.8 Å². The standard InChI is InChI=1S/C11H14FN5/c1-7(11-16-14-6-17(11)2)15-10-4-3-8(12)5-9(10)13/h3-7,15H,13H2,1-2H3. The maximum absolute atomic E-state index is 12.9. The SMILES string of the molecule is CC(Nc1ccc(F)cc1N)c1nncn1C. The summed E-state index contributed by atoms with van der Waals surface area (Å²) in [5.74, 6) is 0.438. The highest BCUT2D eigenvalue weighted by Crippen LogP contribution is 2.23. The quantitative estimate of drug-likeness (QED) is 0.795. The summed E-state index contributed by atoms with van der Waals surface area (Å²) in [6, 6.07) is 4.20. The van der Waals surface area contributed by atoms with E-state index in [9.17, 15) is 4.39 Å². The highest BCUT2D eigenvalue weighted by Gasteiger charge is 2.12. The number of nitrogens with one attached hydrogen (secondary N) is 1. The lowest BCUT2D eigenvalue weighted by atomic mass is 10.2. The molecule has 0 saturated heterocycles. The Morgan fingerprint density at radius 2 is 2.24 bits per heavy atom. The first-order valence-corrected chi connectivity index (χ1v) is 5.23. The van der Waals surface area contributed by atoms with E-state index in [2.05, 4.69) is 15.5 Å². The third kappa shape index (κ3) is 2.35. The van der Waals surface area contributed by atoms with Gasteiger partial charge in [-0.3, -0.25) is 0 Å². The van der Waals surface area contributed by atoms with Crippen molar-refractivity contribution in [2.24, 2.45) is 7.05 Å². The van der Waals surface area contributed by atoms with Crippen molar-refractivity contribution in [1.29, 1.82) is 0 Å². The molecule has 2 rings (SSSR count). The molecular formula is C11H14FN5. The lowest BCUT2D eigenvalue weighted by molar-refractivity contribution is 0.628. The Kier molecular flexibility index (Phi) is 2.95. The minimum absolute atomic E-state index is 0.0599.